The van der Waals surface area contributed by atoms with Gasteiger partial charge in [0.15, 0.2) is 0 Å². The van der Waals surface area contributed by atoms with Gasteiger partial charge in [-0.3, -0.25) is 4.79 Å². The summed E-state index contributed by atoms with van der Waals surface area (Å²) < 4.78 is 0. The predicted octanol–water partition coefficient (Wildman–Crippen LogP) is 1.14. The summed E-state index contributed by atoms with van der Waals surface area (Å²) in [7, 11) is 0. The second-order valence-corrected chi connectivity index (χ2v) is 4.45. The van der Waals surface area contributed by atoms with Crippen molar-refractivity contribution in [3.05, 3.63) is 0 Å². The molecule has 2 rings (SSSR count). The molecule has 3 nitrogen and oxygen atoms in total. The van der Waals surface area contributed by atoms with Crippen LogP contribution in [0.2, 0.25) is 0 Å². The van der Waals surface area contributed by atoms with Crippen molar-refractivity contribution in [3.63, 3.8) is 0 Å². The molecule has 1 heterocycles. The number of hydrogen-bond donors (Lipinski definition) is 1. The normalized spacial score (nSPS) is 26.9. The van der Waals surface area contributed by atoms with Crippen molar-refractivity contribution in [2.75, 3.05) is 13.1 Å². The molecule has 1 aliphatic heterocycles. The van der Waals surface area contributed by atoms with Gasteiger partial charge >= 0.3 is 0 Å². The van der Waals surface area contributed by atoms with Gasteiger partial charge < -0.3 is 10.2 Å². The standard InChI is InChI=1S/C11H20N2O/c1-2-10-4-3-7-13(10)11(14)8-12-9-5-6-9/h9-10,12H,2-8H2,1H3. The van der Waals surface area contributed by atoms with Crippen molar-refractivity contribution >= 4 is 5.91 Å². The van der Waals surface area contributed by atoms with E-state index in [1.165, 1.54) is 25.7 Å². The van der Waals surface area contributed by atoms with Crippen LogP contribution in [0, 0.1) is 0 Å². The second kappa shape index (κ2) is 4.30. The minimum absolute atomic E-state index is 0.307. The molecular formula is C11H20N2O. The van der Waals surface area contributed by atoms with Gasteiger partial charge in [-0.2, -0.15) is 0 Å². The molecule has 2 aliphatic rings. The minimum Gasteiger partial charge on any atom is -0.339 e. The Labute approximate surface area is 85.8 Å². The molecule has 80 valence electrons. The molecule has 1 atom stereocenters. The van der Waals surface area contributed by atoms with Crippen LogP contribution in [0.4, 0.5) is 0 Å². The maximum Gasteiger partial charge on any atom is 0.236 e. The highest BCUT2D eigenvalue weighted by Gasteiger charge is 2.28. The first-order chi connectivity index (χ1) is 6.81. The Kier molecular flexibility index (Phi) is 3.06. The van der Waals surface area contributed by atoms with Crippen LogP contribution in [0.1, 0.15) is 39.0 Å². The fraction of sp³-hybridized carbons (Fsp3) is 0.909. The highest BCUT2D eigenvalue weighted by Crippen LogP contribution is 2.21. The van der Waals surface area contributed by atoms with Crippen molar-refractivity contribution in [3.8, 4) is 0 Å². The van der Waals surface area contributed by atoms with E-state index >= 15 is 0 Å². The Balaban J connectivity index is 1.76. The summed E-state index contributed by atoms with van der Waals surface area (Å²) in [6.45, 7) is 3.70. The van der Waals surface area contributed by atoms with Crippen molar-refractivity contribution in [2.24, 2.45) is 0 Å². The summed E-state index contributed by atoms with van der Waals surface area (Å²) in [5.41, 5.74) is 0. The Morgan fingerprint density at radius 2 is 2.21 bits per heavy atom. The lowest BCUT2D eigenvalue weighted by atomic mass is 10.2. The maximum absolute atomic E-state index is 11.8. The lowest BCUT2D eigenvalue weighted by Crippen LogP contribution is -2.41. The predicted molar refractivity (Wildman–Crippen MR) is 56.1 cm³/mol. The fourth-order valence-electron chi connectivity index (χ4n) is 2.21. The van der Waals surface area contributed by atoms with Gasteiger partial charge in [0.1, 0.15) is 0 Å². The molecule has 2 fully saturated rings. The van der Waals surface area contributed by atoms with E-state index in [-0.39, 0.29) is 0 Å². The molecule has 1 aliphatic carbocycles. The summed E-state index contributed by atoms with van der Waals surface area (Å²) in [5.74, 6) is 0.307. The van der Waals surface area contributed by atoms with Gasteiger partial charge in [-0.05, 0) is 32.1 Å². The van der Waals surface area contributed by atoms with Crippen LogP contribution in [0.15, 0.2) is 0 Å². The first-order valence-corrected chi connectivity index (χ1v) is 5.84. The second-order valence-electron chi connectivity index (χ2n) is 4.45. The van der Waals surface area contributed by atoms with E-state index in [9.17, 15) is 4.79 Å². The van der Waals surface area contributed by atoms with Gasteiger partial charge in [0.05, 0.1) is 6.54 Å². The van der Waals surface area contributed by atoms with E-state index in [1.807, 2.05) is 0 Å². The van der Waals surface area contributed by atoms with Crippen LogP contribution in [0.3, 0.4) is 0 Å². The van der Waals surface area contributed by atoms with Crippen LogP contribution in [0.25, 0.3) is 0 Å². The Morgan fingerprint density at radius 1 is 1.43 bits per heavy atom. The van der Waals surface area contributed by atoms with E-state index < -0.39 is 0 Å². The number of rotatable bonds is 4. The topological polar surface area (TPSA) is 32.3 Å². The van der Waals surface area contributed by atoms with Crippen molar-refractivity contribution < 1.29 is 4.79 Å². The number of nitrogens with zero attached hydrogens (tertiary/aromatic N) is 1. The van der Waals surface area contributed by atoms with E-state index in [0.717, 1.165) is 13.0 Å². The first-order valence-electron chi connectivity index (χ1n) is 5.84. The van der Waals surface area contributed by atoms with Gasteiger partial charge in [0.2, 0.25) is 5.91 Å². The van der Waals surface area contributed by atoms with E-state index in [4.69, 9.17) is 0 Å². The molecule has 1 amide bonds. The van der Waals surface area contributed by atoms with Crippen LogP contribution < -0.4 is 5.32 Å². The number of hydrogen-bond acceptors (Lipinski definition) is 2. The van der Waals surface area contributed by atoms with Crippen LogP contribution in [0.5, 0.6) is 0 Å². The first kappa shape index (κ1) is 9.97. The summed E-state index contributed by atoms with van der Waals surface area (Å²) in [4.78, 5) is 13.9. The average Bonchev–Trinajstić information content (AvgIpc) is 2.90. The smallest absolute Gasteiger partial charge is 0.236 e. The Morgan fingerprint density at radius 3 is 2.86 bits per heavy atom. The molecule has 1 saturated carbocycles. The molecule has 0 bridgehead atoms. The summed E-state index contributed by atoms with van der Waals surface area (Å²) in [5, 5.41) is 3.29. The van der Waals surface area contributed by atoms with Gasteiger partial charge in [0.25, 0.3) is 0 Å². The quantitative estimate of drug-likeness (QED) is 0.731. The molecule has 1 saturated heterocycles. The lowest BCUT2D eigenvalue weighted by molar-refractivity contribution is -0.131. The monoisotopic (exact) mass is 196 g/mol. The largest absolute Gasteiger partial charge is 0.339 e. The number of likely N-dealkylation sites (tertiary alicyclic amines) is 1. The molecule has 3 heteroatoms. The molecule has 1 N–H and O–H groups in total. The van der Waals surface area contributed by atoms with Gasteiger partial charge in [-0.15, -0.1) is 0 Å². The third kappa shape index (κ3) is 2.27. The molecule has 1 unspecified atom stereocenters. The SMILES string of the molecule is CCC1CCCN1C(=O)CNC1CC1. The average molecular weight is 196 g/mol. The highest BCUT2D eigenvalue weighted by molar-refractivity contribution is 5.78. The van der Waals surface area contributed by atoms with Crippen molar-refractivity contribution in [1.29, 1.82) is 0 Å². The lowest BCUT2D eigenvalue weighted by Gasteiger charge is -2.23. The molecule has 14 heavy (non-hydrogen) atoms. The number of amides is 1. The fourth-order valence-corrected chi connectivity index (χ4v) is 2.21. The number of carbonyl (C=O) groups is 1. The van der Waals surface area contributed by atoms with Crippen LogP contribution in [-0.4, -0.2) is 36.0 Å². The number of nitrogens with one attached hydrogen (secondary N) is 1. The Bertz CT molecular complexity index is 213. The van der Waals surface area contributed by atoms with Crippen LogP contribution in [-0.2, 0) is 4.79 Å². The summed E-state index contributed by atoms with van der Waals surface area (Å²) >= 11 is 0. The zero-order valence-electron chi connectivity index (χ0n) is 8.96. The van der Waals surface area contributed by atoms with Gasteiger partial charge in [-0.1, -0.05) is 6.92 Å². The van der Waals surface area contributed by atoms with Gasteiger partial charge in [-0.25, -0.2) is 0 Å². The molecule has 0 aromatic heterocycles. The summed E-state index contributed by atoms with van der Waals surface area (Å²) in [6, 6.07) is 1.16. The van der Waals surface area contributed by atoms with Crippen molar-refractivity contribution in [1.82, 2.24) is 10.2 Å². The van der Waals surface area contributed by atoms with Crippen LogP contribution >= 0.6 is 0 Å². The number of carbonyl (C=O) groups excluding carboxylic acids is 1. The maximum atomic E-state index is 11.8. The van der Waals surface area contributed by atoms with Gasteiger partial charge in [0, 0.05) is 18.6 Å². The molecule has 0 aromatic rings. The molecule has 0 radical (unpaired) electrons. The molecule has 0 aromatic carbocycles. The van der Waals surface area contributed by atoms with E-state index in [2.05, 4.69) is 17.1 Å². The highest BCUT2D eigenvalue weighted by atomic mass is 16.2. The molecular weight excluding hydrogens is 176 g/mol. The van der Waals surface area contributed by atoms with E-state index in [1.54, 1.807) is 0 Å². The summed E-state index contributed by atoms with van der Waals surface area (Å²) in [6.07, 6.45) is 6.00. The Hall–Kier alpha value is -0.570. The molecule has 0 spiro atoms. The van der Waals surface area contributed by atoms with Crippen molar-refractivity contribution in [2.45, 2.75) is 51.1 Å². The van der Waals surface area contributed by atoms with E-state index in [0.29, 0.717) is 24.5 Å². The third-order valence-electron chi connectivity index (χ3n) is 3.29. The zero-order chi connectivity index (χ0) is 9.97. The minimum atomic E-state index is 0.307. The zero-order valence-corrected chi connectivity index (χ0v) is 8.96. The third-order valence-corrected chi connectivity index (χ3v) is 3.29.